The molecule has 0 N–H and O–H groups in total. The van der Waals surface area contributed by atoms with Crippen molar-refractivity contribution in [1.82, 2.24) is 0 Å². The van der Waals surface area contributed by atoms with E-state index in [0.717, 1.165) is 18.4 Å². The summed E-state index contributed by atoms with van der Waals surface area (Å²) in [5, 5.41) is 0. The molecule has 0 aliphatic rings. The maximum Gasteiger partial charge on any atom is 1.00 e. The molecule has 0 aromatic heterocycles. The molecule has 0 fully saturated rings. The minimum absolute atomic E-state index is 0. The van der Waals surface area contributed by atoms with E-state index < -0.39 is 10.1 Å². The zero-order valence-electron chi connectivity index (χ0n) is 31.0. The Bertz CT molecular complexity index is 840. The standard InChI is InChI=1S/C41H76O3S.K/c1-2-3-4-5-6-7-8-9-10-11-12-13-14-15-16-17-18-19-20-21-22-23-24-25-26-27-28-29-30-31-32-33-34-35-40-36-38-41(39-37-40)45(42,43)44;/h36-39H,2-35H2,1H3,(H,42,43,44);/q;+1/p-1. The fraction of sp³-hybridized carbons (Fsp3) is 0.854. The fourth-order valence-electron chi connectivity index (χ4n) is 6.71. The summed E-state index contributed by atoms with van der Waals surface area (Å²) < 4.78 is 33.0. The molecule has 0 amide bonds. The molecule has 0 heterocycles. The van der Waals surface area contributed by atoms with Crippen LogP contribution in [0.25, 0.3) is 0 Å². The molecular weight excluding hydrogens is 612 g/mol. The molecule has 1 aromatic rings. The Hall–Kier alpha value is 0.766. The molecule has 0 radical (unpaired) electrons. The Labute approximate surface area is 331 Å². The number of benzene rings is 1. The number of rotatable bonds is 35. The molecule has 0 spiro atoms. The largest absolute Gasteiger partial charge is 1.00 e. The first-order valence-electron chi connectivity index (χ1n) is 20.1. The van der Waals surface area contributed by atoms with Crippen LogP contribution >= 0.6 is 0 Å². The second-order valence-corrected chi connectivity index (χ2v) is 15.5. The number of hydrogen-bond donors (Lipinski definition) is 0. The fourth-order valence-corrected chi connectivity index (χ4v) is 7.17. The smallest absolute Gasteiger partial charge is 0.744 e. The van der Waals surface area contributed by atoms with Crippen LogP contribution in [-0.4, -0.2) is 13.0 Å². The van der Waals surface area contributed by atoms with Crippen LogP contribution < -0.4 is 51.4 Å². The SMILES string of the molecule is CCCCCCCCCCCCCCCCCCCCCCCCCCCCCCCCCCCc1ccc(S(=O)(=O)[O-])cc1.[K+]. The summed E-state index contributed by atoms with van der Waals surface area (Å²) in [6.07, 6.45) is 47.9. The molecular formula is C41H75KO3S. The van der Waals surface area contributed by atoms with E-state index in [2.05, 4.69) is 6.92 Å². The topological polar surface area (TPSA) is 57.2 Å². The van der Waals surface area contributed by atoms with Gasteiger partial charge in [-0.25, -0.2) is 8.42 Å². The Kier molecular flexibility index (Phi) is 36.2. The van der Waals surface area contributed by atoms with Gasteiger partial charge in [0.15, 0.2) is 0 Å². The first-order valence-corrected chi connectivity index (χ1v) is 21.5. The van der Waals surface area contributed by atoms with Crippen molar-refractivity contribution >= 4 is 10.1 Å². The number of hydrogen-bond acceptors (Lipinski definition) is 3. The molecule has 0 atom stereocenters. The minimum Gasteiger partial charge on any atom is -0.744 e. The van der Waals surface area contributed by atoms with Crippen molar-refractivity contribution in [1.29, 1.82) is 0 Å². The molecule has 0 bridgehead atoms. The van der Waals surface area contributed by atoms with Gasteiger partial charge in [-0.1, -0.05) is 225 Å². The number of aryl methyl sites for hydroxylation is 1. The zero-order chi connectivity index (χ0) is 32.5. The van der Waals surface area contributed by atoms with Crippen LogP contribution in [0.4, 0.5) is 0 Å². The van der Waals surface area contributed by atoms with Gasteiger partial charge in [0.1, 0.15) is 10.1 Å². The molecule has 1 rings (SSSR count). The summed E-state index contributed by atoms with van der Waals surface area (Å²) in [6, 6.07) is 6.41. The van der Waals surface area contributed by atoms with Crippen LogP contribution in [-0.2, 0) is 16.5 Å². The molecule has 0 saturated carbocycles. The van der Waals surface area contributed by atoms with Gasteiger partial charge in [0.25, 0.3) is 0 Å². The third-order valence-electron chi connectivity index (χ3n) is 9.78. The van der Waals surface area contributed by atoms with Gasteiger partial charge in [-0.05, 0) is 30.5 Å². The van der Waals surface area contributed by atoms with E-state index in [1.54, 1.807) is 12.1 Å². The Morgan fingerprint density at radius 3 is 0.826 bits per heavy atom. The zero-order valence-corrected chi connectivity index (χ0v) is 34.9. The van der Waals surface area contributed by atoms with Crippen LogP contribution in [0.5, 0.6) is 0 Å². The van der Waals surface area contributed by atoms with Crippen molar-refractivity contribution < 1.29 is 64.4 Å². The van der Waals surface area contributed by atoms with E-state index in [1.807, 2.05) is 0 Å². The summed E-state index contributed by atoms with van der Waals surface area (Å²) in [5.74, 6) is 0. The van der Waals surface area contributed by atoms with E-state index in [1.165, 1.54) is 218 Å². The van der Waals surface area contributed by atoms with Crippen molar-refractivity contribution in [2.24, 2.45) is 0 Å². The van der Waals surface area contributed by atoms with Crippen molar-refractivity contribution in [3.8, 4) is 0 Å². The maximum atomic E-state index is 11.0. The third kappa shape index (κ3) is 32.0. The van der Waals surface area contributed by atoms with Gasteiger partial charge < -0.3 is 4.55 Å². The van der Waals surface area contributed by atoms with E-state index in [4.69, 9.17) is 0 Å². The molecule has 5 heteroatoms. The van der Waals surface area contributed by atoms with Crippen LogP contribution in [0.15, 0.2) is 29.2 Å². The summed E-state index contributed by atoms with van der Waals surface area (Å²) >= 11 is 0. The predicted molar refractivity (Wildman–Crippen MR) is 196 cm³/mol. The third-order valence-corrected chi connectivity index (χ3v) is 10.6. The van der Waals surface area contributed by atoms with Gasteiger partial charge in [-0.2, -0.15) is 0 Å². The molecule has 264 valence electrons. The van der Waals surface area contributed by atoms with Gasteiger partial charge in [-0.3, -0.25) is 0 Å². The van der Waals surface area contributed by atoms with Crippen molar-refractivity contribution in [3.63, 3.8) is 0 Å². The summed E-state index contributed by atoms with van der Waals surface area (Å²) in [5.41, 5.74) is 1.11. The van der Waals surface area contributed by atoms with Gasteiger partial charge in [0.05, 0.1) is 4.90 Å². The second kappa shape index (κ2) is 35.6. The quantitative estimate of drug-likeness (QED) is 0.0406. The normalized spacial score (nSPS) is 11.6. The minimum atomic E-state index is -4.33. The van der Waals surface area contributed by atoms with E-state index >= 15 is 0 Å². The monoisotopic (exact) mass is 687 g/mol. The molecule has 0 saturated heterocycles. The van der Waals surface area contributed by atoms with Gasteiger partial charge >= 0.3 is 51.4 Å². The molecule has 3 nitrogen and oxygen atoms in total. The molecule has 1 aromatic carbocycles. The van der Waals surface area contributed by atoms with E-state index in [9.17, 15) is 13.0 Å². The summed E-state index contributed by atoms with van der Waals surface area (Å²) in [4.78, 5) is -0.132. The van der Waals surface area contributed by atoms with E-state index in [-0.39, 0.29) is 56.3 Å². The average molecular weight is 687 g/mol. The van der Waals surface area contributed by atoms with Crippen LogP contribution in [0, 0.1) is 0 Å². The summed E-state index contributed by atoms with van der Waals surface area (Å²) in [6.45, 7) is 2.30. The first kappa shape index (κ1) is 46.8. The van der Waals surface area contributed by atoms with Gasteiger partial charge in [0.2, 0.25) is 0 Å². The maximum absolute atomic E-state index is 11.0. The van der Waals surface area contributed by atoms with Crippen LogP contribution in [0.2, 0.25) is 0 Å². The van der Waals surface area contributed by atoms with Gasteiger partial charge in [0, 0.05) is 0 Å². The molecule has 0 aliphatic carbocycles. The Morgan fingerprint density at radius 1 is 0.391 bits per heavy atom. The van der Waals surface area contributed by atoms with Crippen LogP contribution in [0.3, 0.4) is 0 Å². The van der Waals surface area contributed by atoms with Crippen molar-refractivity contribution in [3.05, 3.63) is 29.8 Å². The molecule has 0 unspecified atom stereocenters. The number of unbranched alkanes of at least 4 members (excludes halogenated alkanes) is 32. The summed E-state index contributed by atoms with van der Waals surface area (Å²) in [7, 11) is -4.33. The molecule has 46 heavy (non-hydrogen) atoms. The predicted octanol–water partition coefficient (Wildman–Crippen LogP) is 11.0. The Morgan fingerprint density at radius 2 is 0.609 bits per heavy atom. The van der Waals surface area contributed by atoms with Crippen molar-refractivity contribution in [2.45, 2.75) is 230 Å². The second-order valence-electron chi connectivity index (χ2n) is 14.2. The average Bonchev–Trinajstić information content (AvgIpc) is 3.03. The first-order chi connectivity index (χ1) is 22.0. The van der Waals surface area contributed by atoms with Gasteiger partial charge in [-0.15, -0.1) is 0 Å². The van der Waals surface area contributed by atoms with Crippen LogP contribution in [0.1, 0.15) is 224 Å². The van der Waals surface area contributed by atoms with Crippen molar-refractivity contribution in [2.75, 3.05) is 0 Å². The molecule has 0 aliphatic heterocycles. The van der Waals surface area contributed by atoms with E-state index in [0.29, 0.717) is 0 Å². The Balaban J connectivity index is 0.0000202.